The van der Waals surface area contributed by atoms with Crippen molar-refractivity contribution in [2.75, 3.05) is 25.1 Å². The normalized spacial score (nSPS) is 18.0. The predicted molar refractivity (Wildman–Crippen MR) is 74.0 cm³/mol. The minimum absolute atomic E-state index is 0.103. The molecule has 1 saturated heterocycles. The largest absolute Gasteiger partial charge is 0.491 e. The zero-order chi connectivity index (χ0) is 16.0. The first-order valence-electron chi connectivity index (χ1n) is 6.88. The van der Waals surface area contributed by atoms with Gasteiger partial charge in [0.05, 0.1) is 6.10 Å². The topological polar surface area (TPSA) is 59.6 Å². The fourth-order valence-electron chi connectivity index (χ4n) is 1.96. The highest BCUT2D eigenvalue weighted by Gasteiger charge is 2.27. The van der Waals surface area contributed by atoms with Crippen LogP contribution in [0, 0.1) is 0 Å². The number of alkyl halides is 3. The van der Waals surface area contributed by atoms with Crippen molar-refractivity contribution in [1.29, 1.82) is 0 Å². The molecule has 8 heteroatoms. The van der Waals surface area contributed by atoms with Gasteiger partial charge in [-0.15, -0.1) is 0 Å². The molecule has 0 aliphatic carbocycles. The van der Waals surface area contributed by atoms with E-state index in [0.29, 0.717) is 18.0 Å². The number of carbonyl (C=O) groups excluding carboxylic acids is 1. The second-order valence-corrected chi connectivity index (χ2v) is 4.89. The molecule has 1 aliphatic rings. The molecule has 0 aromatic heterocycles. The standard InChI is InChI=1S/C14H17F3N2O3/c15-14(16,17)9-18-13(20)19-10-3-5-11(6-4-10)22-8-12-2-1-7-21-12/h3-6,12H,1-2,7-9H2,(H2,18,19,20). The molecule has 1 aromatic rings. The minimum atomic E-state index is -4.43. The van der Waals surface area contributed by atoms with E-state index in [2.05, 4.69) is 5.32 Å². The molecule has 1 fully saturated rings. The lowest BCUT2D eigenvalue weighted by molar-refractivity contribution is -0.122. The molecule has 2 N–H and O–H groups in total. The molecule has 1 atom stereocenters. The molecule has 0 bridgehead atoms. The Labute approximate surface area is 125 Å². The Morgan fingerprint density at radius 2 is 2.05 bits per heavy atom. The minimum Gasteiger partial charge on any atom is -0.491 e. The number of halogens is 3. The van der Waals surface area contributed by atoms with Gasteiger partial charge in [-0.25, -0.2) is 4.79 Å². The zero-order valence-electron chi connectivity index (χ0n) is 11.8. The molecular weight excluding hydrogens is 301 g/mol. The number of nitrogens with one attached hydrogen (secondary N) is 2. The summed E-state index contributed by atoms with van der Waals surface area (Å²) in [6, 6.07) is 5.46. The lowest BCUT2D eigenvalue weighted by Gasteiger charge is -2.12. The number of amides is 2. The molecule has 0 radical (unpaired) electrons. The third-order valence-electron chi connectivity index (χ3n) is 3.02. The number of benzene rings is 1. The molecule has 0 saturated carbocycles. The summed E-state index contributed by atoms with van der Waals surface area (Å²) in [4.78, 5) is 11.3. The molecule has 1 aliphatic heterocycles. The van der Waals surface area contributed by atoms with Crippen molar-refractivity contribution in [1.82, 2.24) is 5.32 Å². The van der Waals surface area contributed by atoms with Crippen LogP contribution in [0.3, 0.4) is 0 Å². The lowest BCUT2D eigenvalue weighted by Crippen LogP contribution is -2.36. The Balaban J connectivity index is 1.74. The number of ether oxygens (including phenoxy) is 2. The van der Waals surface area contributed by atoms with Crippen molar-refractivity contribution in [3.05, 3.63) is 24.3 Å². The van der Waals surface area contributed by atoms with E-state index in [1.807, 2.05) is 0 Å². The van der Waals surface area contributed by atoms with E-state index in [1.54, 1.807) is 29.6 Å². The van der Waals surface area contributed by atoms with Crippen LogP contribution >= 0.6 is 0 Å². The third kappa shape index (κ3) is 5.80. The van der Waals surface area contributed by atoms with Gasteiger partial charge in [-0.05, 0) is 37.1 Å². The monoisotopic (exact) mass is 318 g/mol. The van der Waals surface area contributed by atoms with E-state index in [9.17, 15) is 18.0 Å². The maximum atomic E-state index is 12.0. The van der Waals surface area contributed by atoms with Crippen LogP contribution < -0.4 is 15.4 Å². The van der Waals surface area contributed by atoms with Gasteiger partial charge in [-0.3, -0.25) is 0 Å². The van der Waals surface area contributed by atoms with Crippen molar-refractivity contribution in [2.24, 2.45) is 0 Å². The van der Waals surface area contributed by atoms with Gasteiger partial charge in [0.15, 0.2) is 0 Å². The van der Waals surface area contributed by atoms with Crippen LogP contribution in [0.15, 0.2) is 24.3 Å². The SMILES string of the molecule is O=C(NCC(F)(F)F)Nc1ccc(OCC2CCCO2)cc1. The molecule has 122 valence electrons. The van der Waals surface area contributed by atoms with Crippen molar-refractivity contribution in [3.63, 3.8) is 0 Å². The first-order chi connectivity index (χ1) is 10.4. The predicted octanol–water partition coefficient (Wildman–Crippen LogP) is 2.93. The molecular formula is C14H17F3N2O3. The van der Waals surface area contributed by atoms with Crippen molar-refractivity contribution < 1.29 is 27.4 Å². The Morgan fingerprint density at radius 1 is 1.32 bits per heavy atom. The summed E-state index contributed by atoms with van der Waals surface area (Å²) < 4.78 is 46.8. The number of urea groups is 1. The molecule has 1 unspecified atom stereocenters. The van der Waals surface area contributed by atoms with E-state index in [0.717, 1.165) is 19.4 Å². The first kappa shape index (κ1) is 16.4. The van der Waals surface area contributed by atoms with Gasteiger partial charge in [-0.1, -0.05) is 0 Å². The first-order valence-corrected chi connectivity index (χ1v) is 6.88. The average Bonchev–Trinajstić information content (AvgIpc) is 2.97. The van der Waals surface area contributed by atoms with Crippen LogP contribution in [0.25, 0.3) is 0 Å². The third-order valence-corrected chi connectivity index (χ3v) is 3.02. The maximum Gasteiger partial charge on any atom is 0.405 e. The highest BCUT2D eigenvalue weighted by molar-refractivity contribution is 5.89. The van der Waals surface area contributed by atoms with Gasteiger partial charge >= 0.3 is 12.2 Å². The summed E-state index contributed by atoms with van der Waals surface area (Å²) in [6.45, 7) is -0.163. The second-order valence-electron chi connectivity index (χ2n) is 4.89. The van der Waals surface area contributed by atoms with Gasteiger partial charge < -0.3 is 20.1 Å². The summed E-state index contributed by atoms with van der Waals surface area (Å²) in [6.07, 6.45) is -2.33. The zero-order valence-corrected chi connectivity index (χ0v) is 11.8. The van der Waals surface area contributed by atoms with Crippen LogP contribution in [0.4, 0.5) is 23.7 Å². The number of anilines is 1. The van der Waals surface area contributed by atoms with Crippen molar-refractivity contribution in [3.8, 4) is 5.75 Å². The molecule has 5 nitrogen and oxygen atoms in total. The lowest BCUT2D eigenvalue weighted by atomic mass is 10.2. The van der Waals surface area contributed by atoms with Crippen LogP contribution in [0.2, 0.25) is 0 Å². The fraction of sp³-hybridized carbons (Fsp3) is 0.500. The summed E-state index contributed by atoms with van der Waals surface area (Å²) in [7, 11) is 0. The maximum absolute atomic E-state index is 12.0. The number of hydrogen-bond acceptors (Lipinski definition) is 3. The number of rotatable bonds is 5. The van der Waals surface area contributed by atoms with Crippen LogP contribution in [-0.2, 0) is 4.74 Å². The summed E-state index contributed by atoms with van der Waals surface area (Å²) in [5.41, 5.74) is 0.379. The summed E-state index contributed by atoms with van der Waals surface area (Å²) in [5.74, 6) is 0.608. The summed E-state index contributed by atoms with van der Waals surface area (Å²) in [5, 5.41) is 4.03. The second kappa shape index (κ2) is 7.35. The van der Waals surface area contributed by atoms with Crippen LogP contribution in [0.1, 0.15) is 12.8 Å². The molecule has 2 rings (SSSR count). The van der Waals surface area contributed by atoms with Gasteiger partial charge in [0, 0.05) is 12.3 Å². The average molecular weight is 318 g/mol. The quantitative estimate of drug-likeness (QED) is 0.877. The molecule has 2 amide bonds. The van der Waals surface area contributed by atoms with Gasteiger partial charge in [0.1, 0.15) is 18.9 Å². The smallest absolute Gasteiger partial charge is 0.405 e. The van der Waals surface area contributed by atoms with E-state index in [1.165, 1.54) is 0 Å². The number of carbonyl (C=O) groups is 1. The Kier molecular flexibility index (Phi) is 5.48. The molecule has 22 heavy (non-hydrogen) atoms. The van der Waals surface area contributed by atoms with E-state index in [4.69, 9.17) is 9.47 Å². The molecule has 1 aromatic carbocycles. The van der Waals surface area contributed by atoms with Crippen LogP contribution in [0.5, 0.6) is 5.75 Å². The Morgan fingerprint density at radius 3 is 2.64 bits per heavy atom. The van der Waals surface area contributed by atoms with E-state index < -0.39 is 18.8 Å². The van der Waals surface area contributed by atoms with Gasteiger partial charge in [-0.2, -0.15) is 13.2 Å². The Hall–Kier alpha value is -1.96. The van der Waals surface area contributed by atoms with Crippen molar-refractivity contribution >= 4 is 11.7 Å². The summed E-state index contributed by atoms with van der Waals surface area (Å²) >= 11 is 0. The fourth-order valence-corrected chi connectivity index (χ4v) is 1.96. The van der Waals surface area contributed by atoms with Crippen molar-refractivity contribution in [2.45, 2.75) is 25.1 Å². The highest BCUT2D eigenvalue weighted by Crippen LogP contribution is 2.18. The highest BCUT2D eigenvalue weighted by atomic mass is 19.4. The van der Waals surface area contributed by atoms with E-state index >= 15 is 0 Å². The number of hydrogen-bond donors (Lipinski definition) is 2. The molecule has 1 heterocycles. The Bertz CT molecular complexity index is 485. The van der Waals surface area contributed by atoms with E-state index in [-0.39, 0.29) is 6.10 Å². The van der Waals surface area contributed by atoms with Gasteiger partial charge in [0.25, 0.3) is 0 Å². The van der Waals surface area contributed by atoms with Gasteiger partial charge in [0.2, 0.25) is 0 Å². The molecule has 0 spiro atoms. The van der Waals surface area contributed by atoms with Crippen LogP contribution in [-0.4, -0.2) is 38.1 Å².